The maximum atomic E-state index is 4.85. The summed E-state index contributed by atoms with van der Waals surface area (Å²) in [6.07, 6.45) is 8.54. The summed E-state index contributed by atoms with van der Waals surface area (Å²) in [5.74, 6) is 0. The molecule has 0 saturated heterocycles. The number of hydrogen-bond acceptors (Lipinski definition) is 2. The van der Waals surface area contributed by atoms with Crippen LogP contribution in [0, 0.1) is 0 Å². The monoisotopic (exact) mass is 279 g/mol. The molecule has 116 valence electrons. The van der Waals surface area contributed by atoms with E-state index in [0.717, 1.165) is 32.5 Å². The summed E-state index contributed by atoms with van der Waals surface area (Å²) in [6, 6.07) is 0. The van der Waals surface area contributed by atoms with Gasteiger partial charge in [0.25, 0.3) is 0 Å². The first-order valence-corrected chi connectivity index (χ1v) is 8.56. The second-order valence-corrected chi connectivity index (χ2v) is 5.54. The zero-order valence-electron chi connectivity index (χ0n) is 14.0. The van der Waals surface area contributed by atoms with E-state index in [1.165, 1.54) is 49.1 Å². The predicted molar refractivity (Wildman–Crippen MR) is 87.1 cm³/mol. The van der Waals surface area contributed by atoms with E-state index in [2.05, 4.69) is 37.7 Å². The third-order valence-electron chi connectivity index (χ3n) is 3.87. The average molecular weight is 279 g/mol. The Balaban J connectivity index is 2.73. The van der Waals surface area contributed by atoms with E-state index in [9.17, 15) is 0 Å². The van der Waals surface area contributed by atoms with Gasteiger partial charge >= 0.3 is 0 Å². The second-order valence-electron chi connectivity index (χ2n) is 5.54. The van der Waals surface area contributed by atoms with Gasteiger partial charge in [-0.3, -0.25) is 4.68 Å². The SMILES string of the molecule is CCCCCCn1nc(CC)c(CNCCC)c1CC. The summed E-state index contributed by atoms with van der Waals surface area (Å²) in [6.45, 7) is 12.1. The standard InChI is InChI=1S/C17H33N3/c1-5-9-10-11-13-20-17(8-4)15(14-18-12-6-2)16(7-3)19-20/h18H,5-14H2,1-4H3. The van der Waals surface area contributed by atoms with Crippen molar-refractivity contribution in [2.75, 3.05) is 6.54 Å². The van der Waals surface area contributed by atoms with Crippen LogP contribution in [0.5, 0.6) is 0 Å². The molecule has 1 N–H and O–H groups in total. The van der Waals surface area contributed by atoms with Crippen molar-refractivity contribution in [1.29, 1.82) is 0 Å². The molecule has 0 aliphatic heterocycles. The normalized spacial score (nSPS) is 11.2. The van der Waals surface area contributed by atoms with Gasteiger partial charge in [-0.25, -0.2) is 0 Å². The highest BCUT2D eigenvalue weighted by molar-refractivity contribution is 5.26. The first-order valence-electron chi connectivity index (χ1n) is 8.56. The van der Waals surface area contributed by atoms with Gasteiger partial charge in [-0.05, 0) is 32.2 Å². The summed E-state index contributed by atoms with van der Waals surface area (Å²) in [7, 11) is 0. The average Bonchev–Trinajstić information content (AvgIpc) is 2.81. The molecule has 0 radical (unpaired) electrons. The topological polar surface area (TPSA) is 29.9 Å². The van der Waals surface area contributed by atoms with Crippen LogP contribution in [0.1, 0.15) is 76.8 Å². The molecule has 1 aromatic heterocycles. The number of unbranched alkanes of at least 4 members (excludes halogenated alkanes) is 3. The third kappa shape index (κ3) is 4.93. The van der Waals surface area contributed by atoms with Crippen LogP contribution in [0.15, 0.2) is 0 Å². The number of hydrogen-bond donors (Lipinski definition) is 1. The van der Waals surface area contributed by atoms with E-state index in [0.29, 0.717) is 0 Å². The highest BCUT2D eigenvalue weighted by Gasteiger charge is 2.14. The lowest BCUT2D eigenvalue weighted by molar-refractivity contribution is 0.521. The molecule has 0 amide bonds. The van der Waals surface area contributed by atoms with Gasteiger partial charge in [0.1, 0.15) is 0 Å². The van der Waals surface area contributed by atoms with Gasteiger partial charge in [0.05, 0.1) is 5.69 Å². The van der Waals surface area contributed by atoms with Crippen LogP contribution in [0.25, 0.3) is 0 Å². The highest BCUT2D eigenvalue weighted by Crippen LogP contribution is 2.17. The molecular weight excluding hydrogens is 246 g/mol. The van der Waals surface area contributed by atoms with Gasteiger partial charge < -0.3 is 5.32 Å². The molecule has 0 fully saturated rings. The highest BCUT2D eigenvalue weighted by atomic mass is 15.3. The van der Waals surface area contributed by atoms with E-state index in [1.54, 1.807) is 0 Å². The molecule has 0 spiro atoms. The number of nitrogens with one attached hydrogen (secondary N) is 1. The lowest BCUT2D eigenvalue weighted by Crippen LogP contribution is -2.16. The van der Waals surface area contributed by atoms with Gasteiger partial charge in [0.2, 0.25) is 0 Å². The molecule has 0 aliphatic carbocycles. The Morgan fingerprint density at radius 2 is 1.75 bits per heavy atom. The lowest BCUT2D eigenvalue weighted by atomic mass is 10.1. The third-order valence-corrected chi connectivity index (χ3v) is 3.87. The van der Waals surface area contributed by atoms with Crippen LogP contribution in [0.4, 0.5) is 0 Å². The summed E-state index contributed by atoms with van der Waals surface area (Å²) >= 11 is 0. The van der Waals surface area contributed by atoms with Crippen molar-refractivity contribution in [3.63, 3.8) is 0 Å². The molecular formula is C17H33N3. The number of nitrogens with zero attached hydrogens (tertiary/aromatic N) is 2. The van der Waals surface area contributed by atoms with Crippen LogP contribution >= 0.6 is 0 Å². The Morgan fingerprint density at radius 1 is 0.950 bits per heavy atom. The molecule has 1 heterocycles. The van der Waals surface area contributed by atoms with Crippen molar-refractivity contribution >= 4 is 0 Å². The zero-order chi connectivity index (χ0) is 14.8. The molecule has 20 heavy (non-hydrogen) atoms. The van der Waals surface area contributed by atoms with Crippen molar-refractivity contribution in [1.82, 2.24) is 15.1 Å². The fourth-order valence-electron chi connectivity index (χ4n) is 2.74. The van der Waals surface area contributed by atoms with Crippen molar-refractivity contribution in [3.05, 3.63) is 17.0 Å². The van der Waals surface area contributed by atoms with Crippen LogP contribution in [0.3, 0.4) is 0 Å². The fraction of sp³-hybridized carbons (Fsp3) is 0.824. The molecule has 0 saturated carbocycles. The minimum Gasteiger partial charge on any atom is -0.313 e. The number of aryl methyl sites for hydroxylation is 2. The molecule has 1 aromatic rings. The van der Waals surface area contributed by atoms with E-state index < -0.39 is 0 Å². The molecule has 0 aliphatic rings. The first-order chi connectivity index (χ1) is 9.78. The molecule has 1 rings (SSSR count). The Bertz CT molecular complexity index is 369. The van der Waals surface area contributed by atoms with Crippen molar-refractivity contribution in [2.45, 2.75) is 85.7 Å². The maximum absolute atomic E-state index is 4.85. The van der Waals surface area contributed by atoms with Crippen LogP contribution in [-0.4, -0.2) is 16.3 Å². The van der Waals surface area contributed by atoms with E-state index in [4.69, 9.17) is 5.10 Å². The van der Waals surface area contributed by atoms with Gasteiger partial charge in [-0.15, -0.1) is 0 Å². The number of rotatable bonds is 11. The summed E-state index contributed by atoms with van der Waals surface area (Å²) in [4.78, 5) is 0. The van der Waals surface area contributed by atoms with Gasteiger partial charge in [-0.1, -0.05) is 47.0 Å². The molecule has 3 nitrogen and oxygen atoms in total. The van der Waals surface area contributed by atoms with E-state index >= 15 is 0 Å². The molecule has 0 aromatic carbocycles. The van der Waals surface area contributed by atoms with Gasteiger partial charge in [-0.2, -0.15) is 5.10 Å². The van der Waals surface area contributed by atoms with E-state index in [-0.39, 0.29) is 0 Å². The van der Waals surface area contributed by atoms with Crippen molar-refractivity contribution in [2.24, 2.45) is 0 Å². The van der Waals surface area contributed by atoms with Crippen LogP contribution in [-0.2, 0) is 25.9 Å². The molecule has 0 unspecified atom stereocenters. The quantitative estimate of drug-likeness (QED) is 0.618. The Kier molecular flexibility index (Phi) is 8.59. The number of aromatic nitrogens is 2. The van der Waals surface area contributed by atoms with Gasteiger partial charge in [0.15, 0.2) is 0 Å². The zero-order valence-corrected chi connectivity index (χ0v) is 14.0. The first kappa shape index (κ1) is 17.2. The molecule has 0 atom stereocenters. The minimum absolute atomic E-state index is 0.981. The van der Waals surface area contributed by atoms with Crippen molar-refractivity contribution < 1.29 is 0 Å². The molecule has 0 bridgehead atoms. The van der Waals surface area contributed by atoms with Crippen molar-refractivity contribution in [3.8, 4) is 0 Å². The molecule has 3 heteroatoms. The van der Waals surface area contributed by atoms with Gasteiger partial charge in [0, 0.05) is 24.3 Å². The fourth-order valence-corrected chi connectivity index (χ4v) is 2.74. The van der Waals surface area contributed by atoms with Crippen LogP contribution in [0.2, 0.25) is 0 Å². The summed E-state index contributed by atoms with van der Waals surface area (Å²) < 4.78 is 2.28. The maximum Gasteiger partial charge on any atom is 0.0669 e. The Labute approximate surface area is 125 Å². The summed E-state index contributed by atoms with van der Waals surface area (Å²) in [5, 5.41) is 8.39. The Hall–Kier alpha value is -0.830. The Morgan fingerprint density at radius 3 is 2.35 bits per heavy atom. The lowest BCUT2D eigenvalue weighted by Gasteiger charge is -2.08. The smallest absolute Gasteiger partial charge is 0.0669 e. The minimum atomic E-state index is 0.981. The predicted octanol–water partition coefficient (Wildman–Crippen LogP) is 4.09. The largest absolute Gasteiger partial charge is 0.313 e. The van der Waals surface area contributed by atoms with Crippen LogP contribution < -0.4 is 5.32 Å². The van der Waals surface area contributed by atoms with E-state index in [1.807, 2.05) is 0 Å². The second kappa shape index (κ2) is 9.98. The summed E-state index contributed by atoms with van der Waals surface area (Å²) in [5.41, 5.74) is 4.20.